The van der Waals surface area contributed by atoms with Gasteiger partial charge in [-0.05, 0) is 94.6 Å². The predicted octanol–water partition coefficient (Wildman–Crippen LogP) is 13.2. The molecule has 218 valence electrons. The van der Waals surface area contributed by atoms with Crippen molar-refractivity contribution in [2.75, 3.05) is 0 Å². The molecule has 0 amide bonds. The molecule has 0 aliphatic carbocycles. The first kappa shape index (κ1) is 11.0. The van der Waals surface area contributed by atoms with Crippen molar-refractivity contribution in [2.45, 2.75) is 0 Å². The van der Waals surface area contributed by atoms with Gasteiger partial charge in [-0.2, -0.15) is 0 Å². The molecule has 47 heavy (non-hydrogen) atoms. The lowest BCUT2D eigenvalue weighted by molar-refractivity contribution is 0.669. The average molecular weight is 624 g/mol. The van der Waals surface area contributed by atoms with Crippen molar-refractivity contribution >= 4 is 65.0 Å². The van der Waals surface area contributed by atoms with E-state index in [0.717, 1.165) is 6.07 Å². The van der Waals surface area contributed by atoms with Crippen molar-refractivity contribution in [1.29, 1.82) is 0 Å². The second-order valence-corrected chi connectivity index (χ2v) is 10.3. The van der Waals surface area contributed by atoms with Crippen molar-refractivity contribution in [2.24, 2.45) is 0 Å². The van der Waals surface area contributed by atoms with E-state index < -0.39 is 251 Å². The van der Waals surface area contributed by atoms with Crippen LogP contribution in [-0.4, -0.2) is 0 Å². The molecule has 0 spiro atoms. The first-order valence-corrected chi connectivity index (χ1v) is 14.0. The molecule has 0 bridgehead atoms. The van der Waals surface area contributed by atoms with Crippen LogP contribution in [0.5, 0.6) is 0 Å². The number of furan rings is 1. The Labute approximate surface area is 309 Å². The molecule has 0 N–H and O–H groups in total. The van der Waals surface area contributed by atoms with Gasteiger partial charge in [-0.3, -0.25) is 0 Å². The van der Waals surface area contributed by atoms with E-state index in [4.69, 9.17) is 29.1 Å². The van der Waals surface area contributed by atoms with Crippen LogP contribution in [0.25, 0.3) is 98.4 Å². The molecule has 1 heteroatoms. The fourth-order valence-electron chi connectivity index (χ4n) is 5.84. The van der Waals surface area contributed by atoms with Crippen LogP contribution in [-0.2, 0) is 0 Å². The monoisotopic (exact) mass is 623 g/mol. The van der Waals surface area contributed by atoms with Crippen LogP contribution in [0.15, 0.2) is 174 Å². The van der Waals surface area contributed by atoms with Crippen LogP contribution in [0.1, 0.15) is 37.0 Å². The van der Waals surface area contributed by atoms with E-state index in [2.05, 4.69) is 0 Å². The summed E-state index contributed by atoms with van der Waals surface area (Å²) >= 11 is 0. The Morgan fingerprint density at radius 3 is 1.74 bits per heavy atom. The molecule has 1 nitrogen and oxygen atoms in total. The van der Waals surface area contributed by atoms with Crippen LogP contribution in [0, 0.1) is 0 Å². The number of benzene rings is 9. The van der Waals surface area contributed by atoms with E-state index in [9.17, 15) is 12.3 Å². The number of hydrogen-bond acceptors (Lipinski definition) is 1. The largest absolute Gasteiger partial charge is 0.456 e. The van der Waals surface area contributed by atoms with Crippen LogP contribution in [0.2, 0.25) is 0 Å². The quantitative estimate of drug-likeness (QED) is 0.178. The van der Waals surface area contributed by atoms with Gasteiger partial charge in [0.2, 0.25) is 0 Å². The molecule has 1 aromatic heterocycles. The number of hydrogen-bond donors (Lipinski definition) is 0. The number of fused-ring (bicyclic) bond motifs is 8. The summed E-state index contributed by atoms with van der Waals surface area (Å²) in [7, 11) is 0. The zero-order valence-electron chi connectivity index (χ0n) is 50.5. The fourth-order valence-corrected chi connectivity index (χ4v) is 5.84. The van der Waals surface area contributed by atoms with Crippen molar-refractivity contribution in [3.63, 3.8) is 0 Å². The summed E-state index contributed by atoms with van der Waals surface area (Å²) in [4.78, 5) is 0. The van der Waals surface area contributed by atoms with E-state index >= 15 is 0 Å². The maximum atomic E-state index is 9.61. The molecule has 0 saturated carbocycles. The molecular weight excluding hydrogens is 569 g/mol. The average Bonchev–Trinajstić information content (AvgIpc) is 3.78. The van der Waals surface area contributed by atoms with Crippen LogP contribution >= 0.6 is 0 Å². The van der Waals surface area contributed by atoms with Gasteiger partial charge in [-0.15, -0.1) is 0 Å². The Balaban J connectivity index is 1.42. The van der Waals surface area contributed by atoms with Gasteiger partial charge in [0, 0.05) is 10.8 Å². The molecule has 10 aromatic rings. The lowest BCUT2D eigenvalue weighted by Crippen LogP contribution is -1.91. The van der Waals surface area contributed by atoms with E-state index in [1.54, 1.807) is 0 Å². The third-order valence-corrected chi connectivity index (χ3v) is 7.84. The maximum Gasteiger partial charge on any atom is 0.136 e. The number of rotatable bonds is 3. The van der Waals surface area contributed by atoms with Gasteiger partial charge in [0.1, 0.15) is 11.2 Å². The van der Waals surface area contributed by atoms with Gasteiger partial charge in [-0.1, -0.05) is 151 Å². The zero-order valence-corrected chi connectivity index (χ0v) is 23.5. The Hall–Kier alpha value is -6.18. The Bertz CT molecular complexity index is 4350. The predicted molar refractivity (Wildman–Crippen MR) is 200 cm³/mol. The molecule has 0 unspecified atom stereocenters. The molecule has 1 heterocycles. The summed E-state index contributed by atoms with van der Waals surface area (Å²) in [6.45, 7) is 0. The van der Waals surface area contributed by atoms with E-state index in [-0.39, 0.29) is 10.8 Å². The highest BCUT2D eigenvalue weighted by atomic mass is 16.3. The normalized spacial score (nSPS) is 19.9. The molecule has 9 aromatic carbocycles. The SMILES string of the molecule is [2H]c1cc2c(-c3c([2H])c([2H])c(-c4c([2H])c([2H])c5oc6c([2H])c([2H])c7c([2H])c([2H])c([2H])c([2H])c7c6c5c4[2H])c([2H])c3[2H])c3c([2H])c([2H])c([2H])c([2H])c3c(-c3c([2H])c([2H])c([2H])c4c([2H])c([2H])c([2H])c([2H])c34)c2c([2H])c1[2H]. The molecule has 0 fully saturated rings. The standard InChI is InChI=1S/C46H28O/c1-3-13-34-30(10-1)12-9-19-36(34)45-39-17-7-5-15-37(39)44(38-16-6-8-18-40(38)45)32-22-20-29(21-23-32)33-25-26-42-41(28-33)46-35-14-4-2-11-31(35)24-27-43(46)47-42/h1-28H/i1D,2D,3D,4D,5D,6D,7D,8D,9D,10D,11D,12D,13D,14D,15D,17D,18D,19D,20D,21D,22D,23D,24D,25D,26D,27D,28D. The maximum absolute atomic E-state index is 9.61. The summed E-state index contributed by atoms with van der Waals surface area (Å²) in [5.74, 6) is 0. The topological polar surface area (TPSA) is 13.1 Å². The summed E-state index contributed by atoms with van der Waals surface area (Å²) < 4.78 is 248. The van der Waals surface area contributed by atoms with E-state index in [1.807, 2.05) is 0 Å². The van der Waals surface area contributed by atoms with Crippen molar-refractivity contribution < 1.29 is 41.4 Å². The zero-order chi connectivity index (χ0) is 54.4. The first-order valence-electron chi connectivity index (χ1n) is 27.5. The molecule has 0 atom stereocenters. The van der Waals surface area contributed by atoms with Gasteiger partial charge in [0.15, 0.2) is 0 Å². The molecule has 0 aliphatic heterocycles. The van der Waals surface area contributed by atoms with Crippen LogP contribution < -0.4 is 0 Å². The highest BCUT2D eigenvalue weighted by Crippen LogP contribution is 2.45. The summed E-state index contributed by atoms with van der Waals surface area (Å²) in [5.41, 5.74) is -5.17. The third-order valence-electron chi connectivity index (χ3n) is 7.84. The molecule has 0 aliphatic rings. The second-order valence-electron chi connectivity index (χ2n) is 10.3. The fraction of sp³-hybridized carbons (Fsp3) is 0. The lowest BCUT2D eigenvalue weighted by atomic mass is 9.84. The minimum Gasteiger partial charge on any atom is -0.456 e. The van der Waals surface area contributed by atoms with Crippen molar-refractivity contribution in [3.05, 3.63) is 169 Å². The third kappa shape index (κ3) is 3.97. The highest BCUT2D eigenvalue weighted by Gasteiger charge is 2.18. The van der Waals surface area contributed by atoms with Gasteiger partial charge in [-0.25, -0.2) is 0 Å². The highest BCUT2D eigenvalue weighted by molar-refractivity contribution is 6.24. The van der Waals surface area contributed by atoms with Crippen molar-refractivity contribution in [1.82, 2.24) is 0 Å². The first-order chi connectivity index (χ1) is 34.6. The van der Waals surface area contributed by atoms with Crippen molar-refractivity contribution in [3.8, 4) is 33.4 Å². The van der Waals surface area contributed by atoms with E-state index in [1.165, 1.54) is 0 Å². The van der Waals surface area contributed by atoms with Crippen LogP contribution in [0.4, 0.5) is 0 Å². The second kappa shape index (κ2) is 10.2. The smallest absolute Gasteiger partial charge is 0.136 e. The minimum absolute atomic E-state index is 0.345. The Morgan fingerprint density at radius 1 is 0.362 bits per heavy atom. The molecule has 0 radical (unpaired) electrons. The molecular formula is C46H28O. The summed E-state index contributed by atoms with van der Waals surface area (Å²) in [6.07, 6.45) is 0. The minimum atomic E-state index is -1.03. The summed E-state index contributed by atoms with van der Waals surface area (Å²) in [5, 5.41) is -5.11. The molecule has 0 saturated heterocycles. The Kier molecular flexibility index (Phi) is 2.37. The van der Waals surface area contributed by atoms with Gasteiger partial charge < -0.3 is 4.42 Å². The summed E-state index contributed by atoms with van der Waals surface area (Å²) in [6, 6.07) is -22.2. The lowest BCUT2D eigenvalue weighted by Gasteiger charge is -2.19. The van der Waals surface area contributed by atoms with Crippen LogP contribution in [0.3, 0.4) is 0 Å². The van der Waals surface area contributed by atoms with Gasteiger partial charge in [0.25, 0.3) is 0 Å². The Morgan fingerprint density at radius 2 is 0.936 bits per heavy atom. The van der Waals surface area contributed by atoms with Gasteiger partial charge >= 0.3 is 0 Å². The van der Waals surface area contributed by atoms with Gasteiger partial charge in [0.05, 0.1) is 37.0 Å². The van der Waals surface area contributed by atoms with E-state index in [0.29, 0.717) is 0 Å². The molecule has 10 rings (SSSR count).